The van der Waals surface area contributed by atoms with Crippen LogP contribution in [0.25, 0.3) is 6.08 Å². The lowest BCUT2D eigenvalue weighted by Crippen LogP contribution is -2.13. The molecule has 0 saturated heterocycles. The standard InChI is InChI=1S/C22H19NO5S/c1-28-22-14-16(11-13-21(22)25)10-12-20(24)17-6-5-7-18(15-17)23-29(26,27)19-8-3-2-4-9-19/h2-15,23,25H,1H3/b12-10+. The Balaban J connectivity index is 1.78. The number of phenols is 1. The summed E-state index contributed by atoms with van der Waals surface area (Å²) < 4.78 is 32.4. The average Bonchev–Trinajstić information content (AvgIpc) is 2.73. The molecule has 148 valence electrons. The molecular formula is C22H19NO5S. The molecule has 3 rings (SSSR count). The van der Waals surface area contributed by atoms with Crippen LogP contribution in [0.15, 0.2) is 83.8 Å². The van der Waals surface area contributed by atoms with Crippen LogP contribution in [0.3, 0.4) is 0 Å². The number of hydrogen-bond donors (Lipinski definition) is 2. The highest BCUT2D eigenvalue weighted by Gasteiger charge is 2.14. The van der Waals surface area contributed by atoms with E-state index in [1.54, 1.807) is 54.6 Å². The maximum absolute atomic E-state index is 12.5. The highest BCUT2D eigenvalue weighted by atomic mass is 32.2. The summed E-state index contributed by atoms with van der Waals surface area (Å²) in [7, 11) is -2.30. The molecule has 3 aromatic rings. The molecule has 6 nitrogen and oxygen atoms in total. The Morgan fingerprint density at radius 3 is 2.48 bits per heavy atom. The molecule has 3 aromatic carbocycles. The first-order valence-corrected chi connectivity index (χ1v) is 10.1. The number of ether oxygens (including phenoxy) is 1. The number of carbonyl (C=O) groups is 1. The van der Waals surface area contributed by atoms with E-state index in [1.165, 1.54) is 37.5 Å². The van der Waals surface area contributed by atoms with Crippen LogP contribution < -0.4 is 9.46 Å². The van der Waals surface area contributed by atoms with Crippen molar-refractivity contribution in [3.05, 3.63) is 90.0 Å². The summed E-state index contributed by atoms with van der Waals surface area (Å²) in [6.45, 7) is 0. The van der Waals surface area contributed by atoms with E-state index in [2.05, 4.69) is 4.72 Å². The zero-order chi connectivity index (χ0) is 20.9. The molecule has 0 heterocycles. The van der Waals surface area contributed by atoms with E-state index in [4.69, 9.17) is 4.74 Å². The second kappa shape index (κ2) is 8.62. The summed E-state index contributed by atoms with van der Waals surface area (Å²) in [4.78, 5) is 12.6. The average molecular weight is 409 g/mol. The summed E-state index contributed by atoms with van der Waals surface area (Å²) >= 11 is 0. The second-order valence-corrected chi connectivity index (χ2v) is 7.81. The molecule has 2 N–H and O–H groups in total. The van der Waals surface area contributed by atoms with E-state index in [0.29, 0.717) is 22.6 Å². The van der Waals surface area contributed by atoms with E-state index in [-0.39, 0.29) is 16.4 Å². The van der Waals surface area contributed by atoms with Gasteiger partial charge in [-0.2, -0.15) is 0 Å². The monoisotopic (exact) mass is 409 g/mol. The van der Waals surface area contributed by atoms with Crippen molar-refractivity contribution in [2.24, 2.45) is 0 Å². The molecule has 0 aliphatic carbocycles. The number of hydrogen-bond acceptors (Lipinski definition) is 5. The third kappa shape index (κ3) is 5.03. The van der Waals surface area contributed by atoms with E-state index in [1.807, 2.05) is 0 Å². The van der Waals surface area contributed by atoms with Crippen molar-refractivity contribution in [1.29, 1.82) is 0 Å². The molecule has 0 aliphatic rings. The van der Waals surface area contributed by atoms with Crippen LogP contribution in [-0.4, -0.2) is 26.4 Å². The van der Waals surface area contributed by atoms with Gasteiger partial charge in [0, 0.05) is 11.3 Å². The molecule has 0 radical (unpaired) electrons. The highest BCUT2D eigenvalue weighted by Crippen LogP contribution is 2.27. The molecule has 0 spiro atoms. The molecular weight excluding hydrogens is 390 g/mol. The summed E-state index contributed by atoms with van der Waals surface area (Å²) in [5.74, 6) is 0.0177. The Morgan fingerprint density at radius 1 is 1.00 bits per heavy atom. The van der Waals surface area contributed by atoms with Gasteiger partial charge in [-0.1, -0.05) is 42.5 Å². The minimum atomic E-state index is -3.74. The minimum Gasteiger partial charge on any atom is -0.504 e. The number of rotatable bonds is 7. The Morgan fingerprint density at radius 2 is 1.76 bits per heavy atom. The van der Waals surface area contributed by atoms with Crippen LogP contribution >= 0.6 is 0 Å². The second-order valence-electron chi connectivity index (χ2n) is 6.13. The fraction of sp³-hybridized carbons (Fsp3) is 0.0455. The van der Waals surface area contributed by atoms with Crippen molar-refractivity contribution in [1.82, 2.24) is 0 Å². The first-order valence-electron chi connectivity index (χ1n) is 8.66. The molecule has 7 heteroatoms. The third-order valence-electron chi connectivity index (χ3n) is 4.08. The van der Waals surface area contributed by atoms with Crippen LogP contribution in [0.1, 0.15) is 15.9 Å². The molecule has 29 heavy (non-hydrogen) atoms. The number of benzene rings is 3. The number of nitrogens with one attached hydrogen (secondary N) is 1. The number of allylic oxidation sites excluding steroid dienone is 1. The van der Waals surface area contributed by atoms with Gasteiger partial charge in [0.1, 0.15) is 0 Å². The topological polar surface area (TPSA) is 92.7 Å². The number of methoxy groups -OCH3 is 1. The van der Waals surface area contributed by atoms with E-state index in [9.17, 15) is 18.3 Å². The quantitative estimate of drug-likeness (QED) is 0.453. The van der Waals surface area contributed by atoms with Gasteiger partial charge in [0.05, 0.1) is 12.0 Å². The largest absolute Gasteiger partial charge is 0.504 e. The van der Waals surface area contributed by atoms with E-state index in [0.717, 1.165) is 0 Å². The van der Waals surface area contributed by atoms with Gasteiger partial charge in [0.15, 0.2) is 17.3 Å². The fourth-order valence-electron chi connectivity index (χ4n) is 2.62. The Kier molecular flexibility index (Phi) is 5.99. The maximum atomic E-state index is 12.5. The Bertz CT molecular complexity index is 1150. The van der Waals surface area contributed by atoms with Gasteiger partial charge in [-0.15, -0.1) is 0 Å². The summed E-state index contributed by atoms with van der Waals surface area (Å²) in [6.07, 6.45) is 2.96. The summed E-state index contributed by atoms with van der Waals surface area (Å²) in [5, 5.41) is 9.62. The predicted octanol–water partition coefficient (Wildman–Crippen LogP) is 4.10. The smallest absolute Gasteiger partial charge is 0.261 e. The zero-order valence-corrected chi connectivity index (χ0v) is 16.4. The molecule has 0 fully saturated rings. The molecule has 0 aromatic heterocycles. The van der Waals surface area contributed by atoms with Gasteiger partial charge in [-0.05, 0) is 48.0 Å². The minimum absolute atomic E-state index is 0.00868. The number of anilines is 1. The van der Waals surface area contributed by atoms with Gasteiger partial charge in [0.25, 0.3) is 10.0 Å². The van der Waals surface area contributed by atoms with Crippen LogP contribution in [0, 0.1) is 0 Å². The lowest BCUT2D eigenvalue weighted by Gasteiger charge is -2.08. The fourth-order valence-corrected chi connectivity index (χ4v) is 3.69. The molecule has 0 saturated carbocycles. The lowest BCUT2D eigenvalue weighted by atomic mass is 10.1. The van der Waals surface area contributed by atoms with Gasteiger partial charge >= 0.3 is 0 Å². The maximum Gasteiger partial charge on any atom is 0.261 e. The first-order chi connectivity index (χ1) is 13.9. The molecule has 0 atom stereocenters. The van der Waals surface area contributed by atoms with Crippen molar-refractivity contribution in [2.45, 2.75) is 4.90 Å². The van der Waals surface area contributed by atoms with Crippen molar-refractivity contribution in [3.63, 3.8) is 0 Å². The van der Waals surface area contributed by atoms with Gasteiger partial charge in [-0.3, -0.25) is 9.52 Å². The number of aromatic hydroxyl groups is 1. The summed E-state index contributed by atoms with van der Waals surface area (Å²) in [6, 6.07) is 19.0. The van der Waals surface area contributed by atoms with Gasteiger partial charge in [-0.25, -0.2) is 8.42 Å². The molecule has 0 aliphatic heterocycles. The Labute approximate surface area is 169 Å². The van der Waals surface area contributed by atoms with Crippen molar-refractivity contribution in [2.75, 3.05) is 11.8 Å². The highest BCUT2D eigenvalue weighted by molar-refractivity contribution is 7.92. The van der Waals surface area contributed by atoms with Gasteiger partial charge in [0.2, 0.25) is 0 Å². The third-order valence-corrected chi connectivity index (χ3v) is 5.48. The van der Waals surface area contributed by atoms with Gasteiger partial charge < -0.3 is 9.84 Å². The summed E-state index contributed by atoms with van der Waals surface area (Å²) in [5.41, 5.74) is 1.30. The predicted molar refractivity (Wildman–Crippen MR) is 112 cm³/mol. The molecule has 0 bridgehead atoms. The van der Waals surface area contributed by atoms with Crippen molar-refractivity contribution >= 4 is 27.6 Å². The van der Waals surface area contributed by atoms with E-state index >= 15 is 0 Å². The number of carbonyl (C=O) groups excluding carboxylic acids is 1. The molecule has 0 amide bonds. The van der Waals surface area contributed by atoms with Crippen LogP contribution in [0.2, 0.25) is 0 Å². The molecule has 0 unspecified atom stereocenters. The van der Waals surface area contributed by atoms with E-state index < -0.39 is 10.0 Å². The zero-order valence-electron chi connectivity index (χ0n) is 15.6. The lowest BCUT2D eigenvalue weighted by molar-refractivity contribution is 0.104. The number of sulfonamides is 1. The Hall–Kier alpha value is -3.58. The van der Waals surface area contributed by atoms with Crippen molar-refractivity contribution < 1.29 is 23.1 Å². The van der Waals surface area contributed by atoms with Crippen LogP contribution in [-0.2, 0) is 10.0 Å². The van der Waals surface area contributed by atoms with Crippen molar-refractivity contribution in [3.8, 4) is 11.5 Å². The van der Waals surface area contributed by atoms with Crippen LogP contribution in [0.5, 0.6) is 11.5 Å². The SMILES string of the molecule is COc1cc(/C=C/C(=O)c2cccc(NS(=O)(=O)c3ccccc3)c2)ccc1O. The first kappa shape index (κ1) is 20.2. The van der Waals surface area contributed by atoms with Crippen LogP contribution in [0.4, 0.5) is 5.69 Å². The number of ketones is 1. The number of phenolic OH excluding ortho intramolecular Hbond substituents is 1. The normalized spacial score (nSPS) is 11.3.